The number of thioether (sulfide) groups is 1. The second kappa shape index (κ2) is 8.78. The summed E-state index contributed by atoms with van der Waals surface area (Å²) in [4.78, 5) is 14.2. The van der Waals surface area contributed by atoms with Gasteiger partial charge in [0, 0.05) is 10.6 Å². The number of aryl methyl sites for hydroxylation is 2. The first-order valence-electron chi connectivity index (χ1n) is 8.80. The number of hydrogen-bond donors (Lipinski definition) is 1. The van der Waals surface area contributed by atoms with Crippen LogP contribution in [-0.2, 0) is 4.79 Å². The van der Waals surface area contributed by atoms with Crippen molar-refractivity contribution in [2.45, 2.75) is 24.0 Å². The van der Waals surface area contributed by atoms with Crippen molar-refractivity contribution < 1.29 is 9.53 Å². The summed E-state index contributed by atoms with van der Waals surface area (Å²) in [5.41, 5.74) is 3.99. The molecular weight excluding hydrogens is 354 g/mol. The van der Waals surface area contributed by atoms with E-state index in [2.05, 4.69) is 5.32 Å². The van der Waals surface area contributed by atoms with Gasteiger partial charge in [-0.05, 0) is 54.8 Å². The molecule has 0 aliphatic carbocycles. The molecule has 1 N–H and O–H groups in total. The van der Waals surface area contributed by atoms with E-state index in [9.17, 15) is 4.79 Å². The number of amides is 1. The Hall–Kier alpha value is -2.72. The number of methoxy groups -OCH3 is 1. The highest BCUT2D eigenvalue weighted by molar-refractivity contribution is 8.00. The Kier molecular flexibility index (Phi) is 6.20. The topological polar surface area (TPSA) is 38.3 Å². The van der Waals surface area contributed by atoms with Crippen LogP contribution in [0.15, 0.2) is 77.7 Å². The predicted octanol–water partition coefficient (Wildman–Crippen LogP) is 5.78. The lowest BCUT2D eigenvalue weighted by Crippen LogP contribution is -2.19. The van der Waals surface area contributed by atoms with Gasteiger partial charge in [-0.25, -0.2) is 0 Å². The van der Waals surface area contributed by atoms with E-state index in [4.69, 9.17) is 4.74 Å². The largest absolute Gasteiger partial charge is 0.497 e. The van der Waals surface area contributed by atoms with E-state index < -0.39 is 0 Å². The van der Waals surface area contributed by atoms with Crippen molar-refractivity contribution in [2.75, 3.05) is 12.4 Å². The minimum atomic E-state index is -0.363. The van der Waals surface area contributed by atoms with Crippen LogP contribution in [0.2, 0.25) is 0 Å². The van der Waals surface area contributed by atoms with Gasteiger partial charge in [-0.2, -0.15) is 0 Å². The molecule has 4 heteroatoms. The number of rotatable bonds is 6. The first-order chi connectivity index (χ1) is 13.1. The third-order valence-electron chi connectivity index (χ3n) is 4.29. The number of nitrogens with one attached hydrogen (secondary N) is 1. The average Bonchev–Trinajstić information content (AvgIpc) is 2.69. The number of carbonyl (C=O) groups excluding carboxylic acids is 1. The van der Waals surface area contributed by atoms with Crippen LogP contribution in [-0.4, -0.2) is 13.0 Å². The average molecular weight is 378 g/mol. The smallest absolute Gasteiger partial charge is 0.242 e. The van der Waals surface area contributed by atoms with Crippen molar-refractivity contribution in [3.63, 3.8) is 0 Å². The second-order valence-corrected chi connectivity index (χ2v) is 7.57. The molecule has 138 valence electrons. The van der Waals surface area contributed by atoms with Gasteiger partial charge >= 0.3 is 0 Å². The molecule has 1 atom stereocenters. The van der Waals surface area contributed by atoms with E-state index in [1.165, 1.54) is 11.8 Å². The Bertz CT molecular complexity index is 925. The van der Waals surface area contributed by atoms with E-state index in [1.807, 2.05) is 86.6 Å². The van der Waals surface area contributed by atoms with Crippen molar-refractivity contribution >= 4 is 23.4 Å². The van der Waals surface area contributed by atoms with Crippen LogP contribution in [0.4, 0.5) is 5.69 Å². The van der Waals surface area contributed by atoms with Gasteiger partial charge in [-0.15, -0.1) is 11.8 Å². The molecule has 0 radical (unpaired) electrons. The lowest BCUT2D eigenvalue weighted by molar-refractivity contribution is -0.115. The molecule has 0 saturated heterocycles. The van der Waals surface area contributed by atoms with Crippen LogP contribution in [0.25, 0.3) is 0 Å². The van der Waals surface area contributed by atoms with Gasteiger partial charge in [0.1, 0.15) is 11.0 Å². The van der Waals surface area contributed by atoms with E-state index >= 15 is 0 Å². The molecule has 1 amide bonds. The van der Waals surface area contributed by atoms with Gasteiger partial charge in [0.05, 0.1) is 7.11 Å². The molecule has 0 bridgehead atoms. The molecular formula is C23H23NO2S. The maximum absolute atomic E-state index is 13.2. The van der Waals surface area contributed by atoms with E-state index in [0.29, 0.717) is 0 Å². The number of ether oxygens (including phenoxy) is 1. The monoisotopic (exact) mass is 377 g/mol. The van der Waals surface area contributed by atoms with Crippen LogP contribution < -0.4 is 10.1 Å². The fraction of sp³-hybridized carbons (Fsp3) is 0.174. The van der Waals surface area contributed by atoms with Gasteiger partial charge < -0.3 is 10.1 Å². The van der Waals surface area contributed by atoms with E-state index in [1.54, 1.807) is 7.11 Å². The lowest BCUT2D eigenvalue weighted by atomic mass is 10.1. The van der Waals surface area contributed by atoms with Crippen LogP contribution in [0.3, 0.4) is 0 Å². The second-order valence-electron chi connectivity index (χ2n) is 6.40. The summed E-state index contributed by atoms with van der Waals surface area (Å²) in [6, 6.07) is 23.7. The number of carbonyl (C=O) groups is 1. The van der Waals surface area contributed by atoms with Crippen LogP contribution in [0.5, 0.6) is 5.75 Å². The zero-order valence-electron chi connectivity index (χ0n) is 15.7. The zero-order valence-corrected chi connectivity index (χ0v) is 16.5. The van der Waals surface area contributed by atoms with E-state index in [0.717, 1.165) is 33.0 Å². The fourth-order valence-corrected chi connectivity index (χ4v) is 3.85. The third-order valence-corrected chi connectivity index (χ3v) is 5.53. The molecule has 3 aromatic rings. The standard InChI is InChI=1S/C23H23NO2S/c1-16-12-13-17(2)21(14-16)24-23(25)22(18-8-5-4-6-9-18)27-20-11-7-10-19(15-20)26-3/h4-15,22H,1-3H3,(H,24,25). The maximum atomic E-state index is 13.2. The molecule has 0 spiro atoms. The van der Waals surface area contributed by atoms with Crippen LogP contribution in [0.1, 0.15) is 21.9 Å². The Morgan fingerprint density at radius 3 is 2.48 bits per heavy atom. The number of anilines is 1. The van der Waals surface area contributed by atoms with Crippen LogP contribution >= 0.6 is 11.8 Å². The molecule has 3 rings (SSSR count). The predicted molar refractivity (Wildman–Crippen MR) is 113 cm³/mol. The molecule has 0 saturated carbocycles. The molecule has 0 aliphatic heterocycles. The van der Waals surface area contributed by atoms with Crippen molar-refractivity contribution in [3.8, 4) is 5.75 Å². The molecule has 3 nitrogen and oxygen atoms in total. The molecule has 0 fully saturated rings. The fourth-order valence-electron chi connectivity index (χ4n) is 2.78. The normalized spacial score (nSPS) is 11.7. The highest BCUT2D eigenvalue weighted by Crippen LogP contribution is 2.37. The highest BCUT2D eigenvalue weighted by Gasteiger charge is 2.23. The molecule has 27 heavy (non-hydrogen) atoms. The first kappa shape index (κ1) is 19.1. The minimum absolute atomic E-state index is 0.0391. The summed E-state index contributed by atoms with van der Waals surface area (Å²) in [5.74, 6) is 0.740. The summed E-state index contributed by atoms with van der Waals surface area (Å²) in [5, 5.41) is 2.74. The number of hydrogen-bond acceptors (Lipinski definition) is 3. The highest BCUT2D eigenvalue weighted by atomic mass is 32.2. The Morgan fingerprint density at radius 2 is 1.74 bits per heavy atom. The molecule has 0 aliphatic rings. The third kappa shape index (κ3) is 4.92. The summed E-state index contributed by atoms with van der Waals surface area (Å²) < 4.78 is 5.31. The van der Waals surface area contributed by atoms with Gasteiger partial charge in [0.15, 0.2) is 0 Å². The number of benzene rings is 3. The van der Waals surface area contributed by atoms with Crippen LogP contribution in [0, 0.1) is 13.8 Å². The molecule has 0 heterocycles. The summed E-state index contributed by atoms with van der Waals surface area (Å²) in [6.07, 6.45) is 0. The maximum Gasteiger partial charge on any atom is 0.242 e. The van der Waals surface area contributed by atoms with Gasteiger partial charge in [-0.3, -0.25) is 4.79 Å². The summed E-state index contributed by atoms with van der Waals surface area (Å²) >= 11 is 1.52. The lowest BCUT2D eigenvalue weighted by Gasteiger charge is -2.18. The van der Waals surface area contributed by atoms with Crippen molar-refractivity contribution in [1.29, 1.82) is 0 Å². The van der Waals surface area contributed by atoms with Crippen molar-refractivity contribution in [3.05, 3.63) is 89.5 Å². The van der Waals surface area contributed by atoms with Gasteiger partial charge in [-0.1, -0.05) is 48.5 Å². The summed E-state index contributed by atoms with van der Waals surface area (Å²) in [7, 11) is 1.64. The minimum Gasteiger partial charge on any atom is -0.497 e. The van der Waals surface area contributed by atoms with Gasteiger partial charge in [0.25, 0.3) is 0 Å². The summed E-state index contributed by atoms with van der Waals surface area (Å²) in [6.45, 7) is 4.02. The van der Waals surface area contributed by atoms with E-state index in [-0.39, 0.29) is 11.2 Å². The SMILES string of the molecule is COc1cccc(SC(C(=O)Nc2cc(C)ccc2C)c2ccccc2)c1. The Balaban J connectivity index is 1.89. The zero-order chi connectivity index (χ0) is 19.2. The first-order valence-corrected chi connectivity index (χ1v) is 9.68. The molecule has 3 aromatic carbocycles. The van der Waals surface area contributed by atoms with Gasteiger partial charge in [0.2, 0.25) is 5.91 Å². The molecule has 1 unspecified atom stereocenters. The Labute approximate surface area is 164 Å². The van der Waals surface area contributed by atoms with Crippen molar-refractivity contribution in [1.82, 2.24) is 0 Å². The Morgan fingerprint density at radius 1 is 0.963 bits per heavy atom. The quantitative estimate of drug-likeness (QED) is 0.553. The van der Waals surface area contributed by atoms with Crippen molar-refractivity contribution in [2.24, 2.45) is 0 Å². The molecule has 0 aromatic heterocycles.